The van der Waals surface area contributed by atoms with Crippen molar-refractivity contribution in [2.75, 3.05) is 10.9 Å². The Hall–Kier alpha value is -4.85. The van der Waals surface area contributed by atoms with Crippen molar-refractivity contribution in [2.45, 2.75) is 0 Å². The number of nitrogens with one attached hydrogen (secondary N) is 2. The van der Waals surface area contributed by atoms with Gasteiger partial charge in [-0.2, -0.15) is 10.2 Å². The van der Waals surface area contributed by atoms with Gasteiger partial charge < -0.3 is 4.40 Å². The summed E-state index contributed by atoms with van der Waals surface area (Å²) in [6, 6.07) is 23.3. The molecule has 5 rings (SSSR count). The van der Waals surface area contributed by atoms with E-state index in [1.165, 1.54) is 0 Å². The Morgan fingerprint density at radius 1 is 0.667 bits per heavy atom. The minimum Gasteiger partial charge on any atom is -0.306 e. The maximum atomic E-state index is 4.72. The van der Waals surface area contributed by atoms with E-state index >= 15 is 0 Å². The lowest BCUT2D eigenvalue weighted by atomic mass is 10.1. The molecule has 8 nitrogen and oxygen atoms in total. The van der Waals surface area contributed by atoms with Gasteiger partial charge in [-0.3, -0.25) is 10.9 Å². The van der Waals surface area contributed by atoms with Gasteiger partial charge in [0.15, 0.2) is 0 Å². The van der Waals surface area contributed by atoms with Crippen molar-refractivity contribution >= 4 is 29.7 Å². The second-order valence-electron chi connectivity index (χ2n) is 7.15. The second-order valence-corrected chi connectivity index (χ2v) is 7.15. The fraction of sp³-hybridized carbons (Fsp3) is 0. The lowest BCUT2D eigenvalue weighted by Crippen LogP contribution is -1.93. The van der Waals surface area contributed by atoms with Gasteiger partial charge in [-0.25, -0.2) is 15.0 Å². The van der Waals surface area contributed by atoms with Crippen LogP contribution in [0.5, 0.6) is 0 Å². The molecule has 0 saturated carbocycles. The minimum absolute atomic E-state index is 0.695. The molecule has 8 heteroatoms. The number of fused-ring (bicyclic) bond motifs is 1. The third-order valence-electron chi connectivity index (χ3n) is 4.80. The minimum atomic E-state index is 0.695. The summed E-state index contributed by atoms with van der Waals surface area (Å²) in [5.74, 6) is 1.40. The zero-order valence-corrected chi connectivity index (χ0v) is 17.6. The number of hydrazone groups is 2. The van der Waals surface area contributed by atoms with Crippen LogP contribution in [-0.2, 0) is 0 Å². The highest BCUT2D eigenvalue weighted by Crippen LogP contribution is 2.20. The van der Waals surface area contributed by atoms with Gasteiger partial charge in [0.25, 0.3) is 0 Å². The predicted octanol–water partition coefficient (Wildman–Crippen LogP) is 4.68. The quantitative estimate of drug-likeness (QED) is 0.288. The maximum Gasteiger partial charge on any atom is 0.146 e. The molecule has 0 aliphatic heterocycles. The van der Waals surface area contributed by atoms with Gasteiger partial charge >= 0.3 is 0 Å². The first-order chi connectivity index (χ1) is 16.3. The van der Waals surface area contributed by atoms with Crippen molar-refractivity contribution in [3.05, 3.63) is 109 Å². The number of imidazole rings is 1. The van der Waals surface area contributed by atoms with Crippen molar-refractivity contribution in [2.24, 2.45) is 10.2 Å². The fourth-order valence-electron chi connectivity index (χ4n) is 3.17. The van der Waals surface area contributed by atoms with Crippen LogP contribution in [0.25, 0.3) is 16.9 Å². The van der Waals surface area contributed by atoms with Crippen LogP contribution in [0.2, 0.25) is 0 Å². The van der Waals surface area contributed by atoms with E-state index in [-0.39, 0.29) is 0 Å². The van der Waals surface area contributed by atoms with Crippen molar-refractivity contribution in [3.8, 4) is 11.3 Å². The van der Waals surface area contributed by atoms with Gasteiger partial charge in [0.2, 0.25) is 0 Å². The molecule has 0 amide bonds. The van der Waals surface area contributed by atoms with Gasteiger partial charge in [0.05, 0.1) is 18.1 Å². The lowest BCUT2D eigenvalue weighted by molar-refractivity contribution is 1.18. The number of hydrogen-bond acceptors (Lipinski definition) is 7. The van der Waals surface area contributed by atoms with Gasteiger partial charge in [-0.1, -0.05) is 36.4 Å². The van der Waals surface area contributed by atoms with E-state index in [1.54, 1.807) is 24.8 Å². The first kappa shape index (κ1) is 20.1. The van der Waals surface area contributed by atoms with Crippen LogP contribution in [0.4, 0.5) is 11.6 Å². The van der Waals surface area contributed by atoms with Crippen LogP contribution in [0.3, 0.4) is 0 Å². The van der Waals surface area contributed by atoms with Gasteiger partial charge in [-0.05, 0) is 42.0 Å². The van der Waals surface area contributed by atoms with Crippen LogP contribution in [0, 0.1) is 0 Å². The molecular weight excluding hydrogens is 412 g/mol. The van der Waals surface area contributed by atoms with E-state index < -0.39 is 0 Å². The highest BCUT2D eigenvalue weighted by Gasteiger charge is 2.05. The van der Waals surface area contributed by atoms with Crippen molar-refractivity contribution in [1.82, 2.24) is 19.4 Å². The number of aromatic nitrogens is 4. The third-order valence-corrected chi connectivity index (χ3v) is 4.80. The topological polar surface area (TPSA) is 91.9 Å². The average molecular weight is 432 g/mol. The summed E-state index contributed by atoms with van der Waals surface area (Å²) in [6.45, 7) is 0. The molecule has 4 heterocycles. The standard InChI is InChI=1S/C25H20N8/c1-3-13-26-23(5-1)31-28-15-19-7-10-21(11-8-19)22-18-33-17-20(9-12-25(33)30-22)16-29-32-24-6-2-4-14-27-24/h1-18H,(H,26,31)(H,27,32). The summed E-state index contributed by atoms with van der Waals surface area (Å²) in [6.07, 6.45) is 10.9. The molecule has 0 radical (unpaired) electrons. The summed E-state index contributed by atoms with van der Waals surface area (Å²) in [7, 11) is 0. The fourth-order valence-corrected chi connectivity index (χ4v) is 3.17. The Balaban J connectivity index is 1.26. The number of hydrogen-bond donors (Lipinski definition) is 2. The van der Waals surface area contributed by atoms with Crippen LogP contribution < -0.4 is 10.9 Å². The van der Waals surface area contributed by atoms with Crippen molar-refractivity contribution in [1.29, 1.82) is 0 Å². The second kappa shape index (κ2) is 9.52. The van der Waals surface area contributed by atoms with Crippen LogP contribution in [0.1, 0.15) is 11.1 Å². The van der Waals surface area contributed by atoms with Crippen molar-refractivity contribution < 1.29 is 0 Å². The smallest absolute Gasteiger partial charge is 0.146 e. The number of pyridine rings is 3. The van der Waals surface area contributed by atoms with Crippen LogP contribution in [0.15, 0.2) is 108 Å². The molecule has 2 N–H and O–H groups in total. The maximum absolute atomic E-state index is 4.72. The first-order valence-electron chi connectivity index (χ1n) is 10.3. The summed E-state index contributed by atoms with van der Waals surface area (Å²) >= 11 is 0. The summed E-state index contributed by atoms with van der Waals surface area (Å²) in [4.78, 5) is 13.1. The molecular formula is C25H20N8. The Labute approximate surface area is 190 Å². The van der Waals surface area contributed by atoms with Crippen molar-refractivity contribution in [3.63, 3.8) is 0 Å². The first-order valence-corrected chi connectivity index (χ1v) is 10.3. The summed E-state index contributed by atoms with van der Waals surface area (Å²) in [5, 5.41) is 8.47. The molecule has 0 spiro atoms. The Kier molecular flexibility index (Phi) is 5.79. The summed E-state index contributed by atoms with van der Waals surface area (Å²) < 4.78 is 1.99. The predicted molar refractivity (Wildman–Crippen MR) is 132 cm³/mol. The van der Waals surface area contributed by atoms with Gasteiger partial charge in [0.1, 0.15) is 17.3 Å². The Morgan fingerprint density at radius 3 is 1.94 bits per heavy atom. The number of benzene rings is 1. The van der Waals surface area contributed by atoms with E-state index in [0.717, 1.165) is 28.0 Å². The lowest BCUT2D eigenvalue weighted by Gasteiger charge is -1.99. The van der Waals surface area contributed by atoms with E-state index in [2.05, 4.69) is 31.0 Å². The third kappa shape index (κ3) is 5.08. The highest BCUT2D eigenvalue weighted by molar-refractivity contribution is 5.82. The molecule has 4 aromatic heterocycles. The average Bonchev–Trinajstić information content (AvgIpc) is 3.29. The SMILES string of the molecule is C(=NNc1ccccn1)c1ccc(-c2cn3cc(C=NNc4ccccn4)ccc3n2)cc1. The Bertz CT molecular complexity index is 1390. The largest absolute Gasteiger partial charge is 0.306 e. The monoisotopic (exact) mass is 432 g/mol. The zero-order valence-electron chi connectivity index (χ0n) is 17.6. The molecule has 0 bridgehead atoms. The van der Waals surface area contributed by atoms with E-state index in [9.17, 15) is 0 Å². The molecule has 160 valence electrons. The number of anilines is 2. The van der Waals surface area contributed by atoms with Crippen LogP contribution in [-0.4, -0.2) is 31.8 Å². The molecule has 33 heavy (non-hydrogen) atoms. The van der Waals surface area contributed by atoms with Gasteiger partial charge in [-0.15, -0.1) is 0 Å². The van der Waals surface area contributed by atoms with E-state index in [4.69, 9.17) is 4.98 Å². The van der Waals surface area contributed by atoms with Gasteiger partial charge in [0, 0.05) is 35.9 Å². The molecule has 0 aliphatic rings. The molecule has 0 aliphatic carbocycles. The van der Waals surface area contributed by atoms with E-state index in [0.29, 0.717) is 11.6 Å². The molecule has 0 saturated heterocycles. The molecule has 5 aromatic rings. The Morgan fingerprint density at radius 2 is 1.30 bits per heavy atom. The number of nitrogens with zero attached hydrogens (tertiary/aromatic N) is 6. The van der Waals surface area contributed by atoms with Crippen LogP contribution >= 0.6 is 0 Å². The zero-order chi connectivity index (χ0) is 22.3. The number of rotatable bonds is 7. The van der Waals surface area contributed by atoms with E-state index in [1.807, 2.05) is 89.6 Å². The normalized spacial score (nSPS) is 11.4. The highest BCUT2D eigenvalue weighted by atomic mass is 15.3. The summed E-state index contributed by atoms with van der Waals surface area (Å²) in [5.41, 5.74) is 10.5. The molecule has 1 aromatic carbocycles. The molecule has 0 unspecified atom stereocenters. The molecule has 0 atom stereocenters. The molecule has 0 fully saturated rings.